The maximum absolute atomic E-state index is 12.4. The fraction of sp³-hybridized carbons (Fsp3) is 0.318. The van der Waals surface area contributed by atoms with Crippen molar-refractivity contribution in [3.05, 3.63) is 66.2 Å². The Bertz CT molecular complexity index is 1090. The molecule has 2 aromatic carbocycles. The molecule has 7 heteroatoms. The molecule has 1 aliphatic heterocycles. The molecule has 0 radical (unpaired) electrons. The van der Waals surface area contributed by atoms with Crippen molar-refractivity contribution < 1.29 is 8.42 Å². The molecule has 0 atom stereocenters. The van der Waals surface area contributed by atoms with Gasteiger partial charge in [-0.3, -0.25) is 4.90 Å². The molecule has 0 unspecified atom stereocenters. The van der Waals surface area contributed by atoms with Crippen LogP contribution in [0.25, 0.3) is 22.2 Å². The molecule has 1 aromatic heterocycles. The van der Waals surface area contributed by atoms with Gasteiger partial charge in [0.15, 0.2) is 0 Å². The topological polar surface area (TPSA) is 56.8 Å². The van der Waals surface area contributed by atoms with Crippen molar-refractivity contribution in [3.63, 3.8) is 0 Å². The monoisotopic (exact) mass is 410 g/mol. The number of rotatable bonds is 5. The molecule has 0 saturated carbocycles. The number of piperazine rings is 1. The second kappa shape index (κ2) is 8.20. The molecule has 2 heterocycles. The summed E-state index contributed by atoms with van der Waals surface area (Å²) in [4.78, 5) is 7.25. The maximum Gasteiger partial charge on any atom is 0.281 e. The van der Waals surface area contributed by atoms with E-state index in [0.29, 0.717) is 26.2 Å². The molecule has 3 aromatic rings. The molecular weight excluding hydrogens is 384 g/mol. The molecule has 0 amide bonds. The Labute approximate surface area is 172 Å². The van der Waals surface area contributed by atoms with Crippen LogP contribution in [-0.4, -0.2) is 67.2 Å². The van der Waals surface area contributed by atoms with Gasteiger partial charge in [-0.1, -0.05) is 48.5 Å². The Morgan fingerprint density at radius 3 is 2.28 bits per heavy atom. The number of para-hydroxylation sites is 1. The number of hydrogen-bond donors (Lipinski definition) is 0. The molecule has 0 N–H and O–H groups in total. The Kier molecular flexibility index (Phi) is 5.65. The zero-order valence-corrected chi connectivity index (χ0v) is 17.6. The third-order valence-electron chi connectivity index (χ3n) is 5.36. The summed E-state index contributed by atoms with van der Waals surface area (Å²) in [5, 5.41) is 1.12. The van der Waals surface area contributed by atoms with Crippen LogP contribution in [0.1, 0.15) is 5.56 Å². The number of hydrogen-bond acceptors (Lipinski definition) is 4. The lowest BCUT2D eigenvalue weighted by atomic mass is 10.0. The predicted molar refractivity (Wildman–Crippen MR) is 117 cm³/mol. The normalized spacial score (nSPS) is 16.5. The molecule has 1 aliphatic rings. The van der Waals surface area contributed by atoms with Gasteiger partial charge in [-0.05, 0) is 17.7 Å². The fourth-order valence-corrected chi connectivity index (χ4v) is 4.80. The van der Waals surface area contributed by atoms with E-state index in [-0.39, 0.29) is 0 Å². The SMILES string of the molecule is CN(C)S(=O)(=O)N1CCN(Cc2cc3ccccc3nc2-c2ccccc2)CC1. The van der Waals surface area contributed by atoms with E-state index < -0.39 is 10.2 Å². The molecule has 152 valence electrons. The first-order chi connectivity index (χ1) is 13.9. The summed E-state index contributed by atoms with van der Waals surface area (Å²) in [6.45, 7) is 3.16. The molecule has 0 aliphatic carbocycles. The highest BCUT2D eigenvalue weighted by atomic mass is 32.2. The van der Waals surface area contributed by atoms with Crippen molar-refractivity contribution in [3.8, 4) is 11.3 Å². The van der Waals surface area contributed by atoms with Crippen molar-refractivity contribution in [2.45, 2.75) is 6.54 Å². The van der Waals surface area contributed by atoms with Crippen LogP contribution in [0, 0.1) is 0 Å². The van der Waals surface area contributed by atoms with E-state index in [1.807, 2.05) is 36.4 Å². The van der Waals surface area contributed by atoms with E-state index in [1.165, 1.54) is 9.87 Å². The van der Waals surface area contributed by atoms with Gasteiger partial charge in [0.1, 0.15) is 0 Å². The second-order valence-electron chi connectivity index (χ2n) is 7.52. The second-order valence-corrected chi connectivity index (χ2v) is 9.66. The summed E-state index contributed by atoms with van der Waals surface area (Å²) in [6.07, 6.45) is 0. The van der Waals surface area contributed by atoms with Crippen LogP contribution in [0.2, 0.25) is 0 Å². The van der Waals surface area contributed by atoms with E-state index in [0.717, 1.165) is 28.7 Å². The Balaban J connectivity index is 1.60. The first-order valence-electron chi connectivity index (χ1n) is 9.79. The number of pyridine rings is 1. The maximum atomic E-state index is 12.4. The molecule has 1 saturated heterocycles. The van der Waals surface area contributed by atoms with E-state index in [4.69, 9.17) is 4.98 Å². The van der Waals surface area contributed by atoms with Gasteiger partial charge in [0.25, 0.3) is 10.2 Å². The van der Waals surface area contributed by atoms with Gasteiger partial charge in [0.2, 0.25) is 0 Å². The minimum atomic E-state index is -3.35. The van der Waals surface area contributed by atoms with Gasteiger partial charge in [-0.15, -0.1) is 0 Å². The average Bonchev–Trinajstić information content (AvgIpc) is 2.74. The van der Waals surface area contributed by atoms with Crippen LogP contribution in [0.15, 0.2) is 60.7 Å². The van der Waals surface area contributed by atoms with Crippen LogP contribution in [0.3, 0.4) is 0 Å². The number of benzene rings is 2. The Morgan fingerprint density at radius 2 is 1.59 bits per heavy atom. The molecule has 4 rings (SSSR count). The fourth-order valence-electron chi connectivity index (χ4n) is 3.72. The summed E-state index contributed by atoms with van der Waals surface area (Å²) in [6, 6.07) is 20.6. The predicted octanol–water partition coefficient (Wildman–Crippen LogP) is 2.83. The van der Waals surface area contributed by atoms with Gasteiger partial charge in [0.05, 0.1) is 11.2 Å². The lowest BCUT2D eigenvalue weighted by Crippen LogP contribution is -2.51. The smallest absolute Gasteiger partial charge is 0.281 e. The third kappa shape index (κ3) is 4.18. The van der Waals surface area contributed by atoms with Crippen LogP contribution < -0.4 is 0 Å². The molecule has 1 fully saturated rings. The molecule has 6 nitrogen and oxygen atoms in total. The minimum absolute atomic E-state index is 0.502. The van der Waals surface area contributed by atoms with E-state index in [2.05, 4.69) is 29.2 Å². The zero-order chi connectivity index (χ0) is 20.4. The van der Waals surface area contributed by atoms with E-state index in [9.17, 15) is 8.42 Å². The zero-order valence-electron chi connectivity index (χ0n) is 16.8. The quantitative estimate of drug-likeness (QED) is 0.649. The lowest BCUT2D eigenvalue weighted by Gasteiger charge is -2.35. The molecule has 0 spiro atoms. The highest BCUT2D eigenvalue weighted by Gasteiger charge is 2.28. The summed E-state index contributed by atoms with van der Waals surface area (Å²) >= 11 is 0. The first kappa shape index (κ1) is 20.0. The van der Waals surface area contributed by atoms with E-state index in [1.54, 1.807) is 18.4 Å². The van der Waals surface area contributed by atoms with Gasteiger partial charge in [-0.25, -0.2) is 4.98 Å². The summed E-state index contributed by atoms with van der Waals surface area (Å²) < 4.78 is 27.6. The van der Waals surface area contributed by atoms with Gasteiger partial charge in [0, 0.05) is 57.8 Å². The van der Waals surface area contributed by atoms with Crippen LogP contribution >= 0.6 is 0 Å². The Morgan fingerprint density at radius 1 is 0.931 bits per heavy atom. The van der Waals surface area contributed by atoms with Crippen molar-refractivity contribution >= 4 is 21.1 Å². The van der Waals surface area contributed by atoms with Crippen molar-refractivity contribution in [1.29, 1.82) is 0 Å². The number of fused-ring (bicyclic) bond motifs is 1. The third-order valence-corrected chi connectivity index (χ3v) is 7.30. The van der Waals surface area contributed by atoms with Crippen LogP contribution in [-0.2, 0) is 16.8 Å². The highest BCUT2D eigenvalue weighted by Crippen LogP contribution is 2.27. The van der Waals surface area contributed by atoms with Crippen LogP contribution in [0.5, 0.6) is 0 Å². The molecule has 0 bridgehead atoms. The van der Waals surface area contributed by atoms with Crippen molar-refractivity contribution in [2.75, 3.05) is 40.3 Å². The van der Waals surface area contributed by atoms with Gasteiger partial charge >= 0.3 is 0 Å². The summed E-state index contributed by atoms with van der Waals surface area (Å²) in [5.41, 5.74) is 4.24. The largest absolute Gasteiger partial charge is 0.296 e. The van der Waals surface area contributed by atoms with Gasteiger partial charge < -0.3 is 0 Å². The standard InChI is InChI=1S/C22H26N4O2S/c1-24(2)29(27,28)26-14-12-25(13-15-26)17-20-16-19-10-6-7-11-21(19)23-22(20)18-8-4-3-5-9-18/h3-11,16H,12-15,17H2,1-2H3. The lowest BCUT2D eigenvalue weighted by molar-refractivity contribution is 0.177. The Hall–Kier alpha value is -2.32. The van der Waals surface area contributed by atoms with Crippen molar-refractivity contribution in [2.24, 2.45) is 0 Å². The average molecular weight is 411 g/mol. The molecule has 29 heavy (non-hydrogen) atoms. The summed E-state index contributed by atoms with van der Waals surface area (Å²) in [7, 11) is -0.193. The first-order valence-corrected chi connectivity index (χ1v) is 11.2. The van der Waals surface area contributed by atoms with E-state index >= 15 is 0 Å². The highest BCUT2D eigenvalue weighted by molar-refractivity contribution is 7.86. The van der Waals surface area contributed by atoms with Crippen molar-refractivity contribution in [1.82, 2.24) is 18.5 Å². The minimum Gasteiger partial charge on any atom is -0.296 e. The summed E-state index contributed by atoms with van der Waals surface area (Å²) in [5.74, 6) is 0. The van der Waals surface area contributed by atoms with Crippen LogP contribution in [0.4, 0.5) is 0 Å². The number of aromatic nitrogens is 1. The molecular formula is C22H26N4O2S. The van der Waals surface area contributed by atoms with Gasteiger partial charge in [-0.2, -0.15) is 17.0 Å². The number of nitrogens with zero attached hydrogens (tertiary/aromatic N) is 4.